The van der Waals surface area contributed by atoms with E-state index < -0.39 is 5.92 Å². The van der Waals surface area contributed by atoms with Crippen LogP contribution >= 0.6 is 0 Å². The van der Waals surface area contributed by atoms with Gasteiger partial charge in [-0.2, -0.15) is 8.78 Å². The Bertz CT molecular complexity index is 506. The second-order valence-corrected chi connectivity index (χ2v) is 5.29. The van der Waals surface area contributed by atoms with Crippen LogP contribution in [0.3, 0.4) is 0 Å². The highest BCUT2D eigenvalue weighted by Crippen LogP contribution is 2.50. The molecule has 2 aromatic carbocycles. The summed E-state index contributed by atoms with van der Waals surface area (Å²) in [5.41, 5.74) is 1.32. The molecule has 0 spiro atoms. The monoisotopic (exact) mass is 244 g/mol. The molecule has 0 N–H and O–H groups in total. The van der Waals surface area contributed by atoms with Crippen molar-refractivity contribution in [1.29, 1.82) is 0 Å². The summed E-state index contributed by atoms with van der Waals surface area (Å²) in [5, 5.41) is 0. The van der Waals surface area contributed by atoms with Gasteiger partial charge in [0.25, 0.3) is 5.92 Å². The fourth-order valence-electron chi connectivity index (χ4n) is 2.89. The normalized spacial score (nSPS) is 18.9. The van der Waals surface area contributed by atoms with Crippen molar-refractivity contribution in [3.05, 3.63) is 70.8 Å². The van der Waals surface area contributed by atoms with Gasteiger partial charge in [-0.3, -0.25) is 0 Å². The molecule has 0 aromatic heterocycles. The summed E-state index contributed by atoms with van der Waals surface area (Å²) in [6, 6.07) is 13.7. The van der Waals surface area contributed by atoms with Gasteiger partial charge in [0.05, 0.1) is 0 Å². The minimum atomic E-state index is -2.90. The van der Waals surface area contributed by atoms with E-state index in [1.807, 2.05) is 26.0 Å². The Morgan fingerprint density at radius 1 is 0.667 bits per heavy atom. The Morgan fingerprint density at radius 2 is 1.00 bits per heavy atom. The van der Waals surface area contributed by atoms with Crippen LogP contribution in [0, 0.1) is 0 Å². The van der Waals surface area contributed by atoms with Crippen molar-refractivity contribution in [1.82, 2.24) is 0 Å². The lowest BCUT2D eigenvalue weighted by Gasteiger charge is -2.39. The van der Waals surface area contributed by atoms with Crippen LogP contribution in [0.2, 0.25) is 0 Å². The van der Waals surface area contributed by atoms with Gasteiger partial charge in [-0.25, -0.2) is 0 Å². The second kappa shape index (κ2) is 3.41. The summed E-state index contributed by atoms with van der Waals surface area (Å²) >= 11 is 0. The molecule has 0 nitrogen and oxygen atoms in total. The standard InChI is InChI=1S/C16H14F2/c1-15(2)11-7-3-5-9-13(11)16(17,18)14-10-6-4-8-12(14)15/h3-10H,1-2H3. The Balaban J connectivity index is 2.41. The molecule has 0 saturated carbocycles. The quantitative estimate of drug-likeness (QED) is 0.641. The van der Waals surface area contributed by atoms with Gasteiger partial charge in [-0.15, -0.1) is 0 Å². The molecule has 2 aromatic rings. The van der Waals surface area contributed by atoms with E-state index in [1.54, 1.807) is 24.3 Å². The largest absolute Gasteiger partial charge is 0.299 e. The topological polar surface area (TPSA) is 0 Å². The zero-order valence-electron chi connectivity index (χ0n) is 10.4. The predicted octanol–water partition coefficient (Wildman–Crippen LogP) is 4.47. The van der Waals surface area contributed by atoms with Crippen molar-refractivity contribution in [3.8, 4) is 0 Å². The van der Waals surface area contributed by atoms with Crippen LogP contribution in [0.25, 0.3) is 0 Å². The molecule has 0 aliphatic heterocycles. The van der Waals surface area contributed by atoms with Crippen molar-refractivity contribution < 1.29 is 8.78 Å². The van der Waals surface area contributed by atoms with Crippen LogP contribution < -0.4 is 0 Å². The molecule has 0 heterocycles. The van der Waals surface area contributed by atoms with E-state index in [2.05, 4.69) is 0 Å². The van der Waals surface area contributed by atoms with Gasteiger partial charge in [0, 0.05) is 16.5 Å². The predicted molar refractivity (Wildman–Crippen MR) is 68.0 cm³/mol. The van der Waals surface area contributed by atoms with Crippen LogP contribution in [-0.4, -0.2) is 0 Å². The molecule has 0 radical (unpaired) electrons. The summed E-state index contributed by atoms with van der Waals surface area (Å²) in [4.78, 5) is 0. The highest BCUT2D eigenvalue weighted by Gasteiger charge is 2.47. The second-order valence-electron chi connectivity index (χ2n) is 5.29. The van der Waals surface area contributed by atoms with Gasteiger partial charge >= 0.3 is 0 Å². The van der Waals surface area contributed by atoms with E-state index in [4.69, 9.17) is 0 Å². The van der Waals surface area contributed by atoms with E-state index in [1.165, 1.54) is 12.1 Å². The van der Waals surface area contributed by atoms with E-state index in [0.717, 1.165) is 0 Å². The molecule has 1 aliphatic carbocycles. The molecule has 18 heavy (non-hydrogen) atoms. The first-order valence-corrected chi connectivity index (χ1v) is 6.03. The smallest absolute Gasteiger partial charge is 0.196 e. The number of fused-ring (bicyclic) bond motifs is 2. The lowest BCUT2D eigenvalue weighted by molar-refractivity contribution is 0.0352. The van der Waals surface area contributed by atoms with Crippen LogP contribution in [0.1, 0.15) is 36.1 Å². The van der Waals surface area contributed by atoms with E-state index in [-0.39, 0.29) is 16.5 Å². The summed E-state index contributed by atoms with van der Waals surface area (Å²) in [5.74, 6) is -2.90. The Labute approximate surface area is 105 Å². The third-order valence-electron chi connectivity index (χ3n) is 3.88. The number of hydrogen-bond donors (Lipinski definition) is 0. The lowest BCUT2D eigenvalue weighted by atomic mass is 9.67. The first kappa shape index (κ1) is 11.4. The SMILES string of the molecule is CC1(C)c2ccccc2C(F)(F)c2ccccc21. The molecule has 92 valence electrons. The van der Waals surface area contributed by atoms with Gasteiger partial charge in [0.1, 0.15) is 0 Å². The molecule has 0 amide bonds. The number of hydrogen-bond acceptors (Lipinski definition) is 0. The third kappa shape index (κ3) is 1.29. The number of alkyl halides is 2. The fourth-order valence-corrected chi connectivity index (χ4v) is 2.89. The summed E-state index contributed by atoms with van der Waals surface area (Å²) < 4.78 is 29.1. The van der Waals surface area contributed by atoms with Crippen molar-refractivity contribution in [3.63, 3.8) is 0 Å². The Morgan fingerprint density at radius 3 is 1.39 bits per heavy atom. The van der Waals surface area contributed by atoms with E-state index >= 15 is 0 Å². The maximum atomic E-state index is 14.5. The number of benzene rings is 2. The third-order valence-corrected chi connectivity index (χ3v) is 3.88. The van der Waals surface area contributed by atoms with Gasteiger partial charge in [0.15, 0.2) is 0 Å². The highest BCUT2D eigenvalue weighted by atomic mass is 19.3. The molecular weight excluding hydrogens is 230 g/mol. The summed E-state index contributed by atoms with van der Waals surface area (Å²) in [7, 11) is 0. The molecule has 0 bridgehead atoms. The zero-order valence-corrected chi connectivity index (χ0v) is 10.4. The van der Waals surface area contributed by atoms with Gasteiger partial charge in [0.2, 0.25) is 0 Å². The van der Waals surface area contributed by atoms with Crippen molar-refractivity contribution in [2.24, 2.45) is 0 Å². The first-order chi connectivity index (χ1) is 8.45. The minimum absolute atomic E-state index is 0.133. The van der Waals surface area contributed by atoms with Crippen LogP contribution in [0.5, 0.6) is 0 Å². The van der Waals surface area contributed by atoms with Crippen LogP contribution in [0.15, 0.2) is 48.5 Å². The van der Waals surface area contributed by atoms with Gasteiger partial charge < -0.3 is 0 Å². The minimum Gasteiger partial charge on any atom is -0.196 e. The number of rotatable bonds is 0. The van der Waals surface area contributed by atoms with Crippen LogP contribution in [0.4, 0.5) is 8.78 Å². The van der Waals surface area contributed by atoms with Gasteiger partial charge in [-0.05, 0) is 11.1 Å². The molecule has 0 saturated heterocycles. The van der Waals surface area contributed by atoms with Gasteiger partial charge in [-0.1, -0.05) is 62.4 Å². The van der Waals surface area contributed by atoms with Crippen molar-refractivity contribution >= 4 is 0 Å². The van der Waals surface area contributed by atoms with Crippen LogP contribution in [-0.2, 0) is 11.3 Å². The molecule has 2 heteroatoms. The molecule has 0 unspecified atom stereocenters. The maximum Gasteiger partial charge on any atom is 0.299 e. The van der Waals surface area contributed by atoms with E-state index in [0.29, 0.717) is 11.1 Å². The fraction of sp³-hybridized carbons (Fsp3) is 0.250. The highest BCUT2D eigenvalue weighted by molar-refractivity contribution is 5.56. The Hall–Kier alpha value is -1.70. The van der Waals surface area contributed by atoms with Crippen molar-refractivity contribution in [2.45, 2.75) is 25.2 Å². The summed E-state index contributed by atoms with van der Waals surface area (Å²) in [6.07, 6.45) is 0. The molecule has 0 atom stereocenters. The van der Waals surface area contributed by atoms with Crippen molar-refractivity contribution in [2.75, 3.05) is 0 Å². The molecule has 3 rings (SSSR count). The average Bonchev–Trinajstić information content (AvgIpc) is 2.37. The lowest BCUT2D eigenvalue weighted by Crippen LogP contribution is -2.34. The first-order valence-electron chi connectivity index (χ1n) is 6.03. The number of halogens is 2. The molecular formula is C16H14F2. The summed E-state index contributed by atoms with van der Waals surface area (Å²) in [6.45, 7) is 4.00. The Kier molecular flexibility index (Phi) is 2.16. The average molecular weight is 244 g/mol. The van der Waals surface area contributed by atoms with E-state index in [9.17, 15) is 8.78 Å². The molecule has 0 fully saturated rings. The zero-order chi connectivity index (χ0) is 13.0. The maximum absolute atomic E-state index is 14.5. The molecule has 1 aliphatic rings.